The summed E-state index contributed by atoms with van der Waals surface area (Å²) in [6, 6.07) is 6.25. The van der Waals surface area contributed by atoms with Gasteiger partial charge in [0.05, 0.1) is 6.61 Å². The first-order valence-electron chi connectivity index (χ1n) is 6.68. The monoisotopic (exact) mass is 262 g/mol. The van der Waals surface area contributed by atoms with E-state index in [4.69, 9.17) is 4.42 Å². The Hall–Kier alpha value is -1.39. The molecule has 1 unspecified atom stereocenters. The van der Waals surface area contributed by atoms with Crippen molar-refractivity contribution in [2.45, 2.75) is 33.4 Å². The van der Waals surface area contributed by atoms with Crippen LogP contribution in [0.3, 0.4) is 0 Å². The molecule has 4 heteroatoms. The van der Waals surface area contributed by atoms with Crippen LogP contribution < -0.4 is 0 Å². The molecule has 0 bridgehead atoms. The highest BCUT2D eigenvalue weighted by Crippen LogP contribution is 2.19. The predicted octanol–water partition coefficient (Wildman–Crippen LogP) is 2.58. The van der Waals surface area contributed by atoms with Crippen molar-refractivity contribution in [3.05, 3.63) is 29.7 Å². The Morgan fingerprint density at radius 2 is 2.11 bits per heavy atom. The smallest absolute Gasteiger partial charge is 0.192 e. The molecule has 0 saturated heterocycles. The fourth-order valence-corrected chi connectivity index (χ4v) is 2.45. The molecule has 0 aliphatic rings. The van der Waals surface area contributed by atoms with E-state index in [-0.39, 0.29) is 12.6 Å². The van der Waals surface area contributed by atoms with E-state index in [1.807, 2.05) is 26.1 Å². The normalized spacial score (nSPS) is 13.6. The summed E-state index contributed by atoms with van der Waals surface area (Å²) in [5.74, 6) is 1.11. The van der Waals surface area contributed by atoms with Gasteiger partial charge in [0.15, 0.2) is 11.5 Å². The molecule has 1 heterocycles. The molecule has 19 heavy (non-hydrogen) atoms. The maximum atomic E-state index is 9.45. The van der Waals surface area contributed by atoms with Gasteiger partial charge in [0.25, 0.3) is 0 Å². The third-order valence-electron chi connectivity index (χ3n) is 3.51. The molecule has 1 atom stereocenters. The van der Waals surface area contributed by atoms with Crippen LogP contribution in [0.15, 0.2) is 22.6 Å². The standard InChI is InChI=1S/C15H22N2O2/c1-10(2)14(9-18)17(4)8-12-5-6-13-15(7-12)19-11(3)16-13/h5-7,10,14,18H,8-9H2,1-4H3. The van der Waals surface area contributed by atoms with E-state index in [0.29, 0.717) is 11.8 Å². The van der Waals surface area contributed by atoms with Gasteiger partial charge >= 0.3 is 0 Å². The average molecular weight is 262 g/mol. The maximum Gasteiger partial charge on any atom is 0.192 e. The second-order valence-electron chi connectivity index (χ2n) is 5.44. The molecule has 4 nitrogen and oxygen atoms in total. The van der Waals surface area contributed by atoms with Crippen LogP contribution in [-0.4, -0.2) is 34.7 Å². The molecule has 0 radical (unpaired) electrons. The number of fused-ring (bicyclic) bond motifs is 1. The lowest BCUT2D eigenvalue weighted by Crippen LogP contribution is -2.38. The first-order chi connectivity index (χ1) is 9.01. The van der Waals surface area contributed by atoms with Gasteiger partial charge in [0, 0.05) is 19.5 Å². The Morgan fingerprint density at radius 3 is 2.74 bits per heavy atom. The summed E-state index contributed by atoms with van der Waals surface area (Å²) >= 11 is 0. The van der Waals surface area contributed by atoms with E-state index in [2.05, 4.69) is 29.8 Å². The lowest BCUT2D eigenvalue weighted by molar-refractivity contribution is 0.108. The highest BCUT2D eigenvalue weighted by atomic mass is 16.3. The first-order valence-corrected chi connectivity index (χ1v) is 6.68. The van der Waals surface area contributed by atoms with Crippen LogP contribution >= 0.6 is 0 Å². The summed E-state index contributed by atoms with van der Waals surface area (Å²) < 4.78 is 5.55. The van der Waals surface area contributed by atoms with Gasteiger partial charge in [0.2, 0.25) is 0 Å². The minimum absolute atomic E-state index is 0.173. The van der Waals surface area contributed by atoms with Gasteiger partial charge in [-0.3, -0.25) is 4.90 Å². The topological polar surface area (TPSA) is 49.5 Å². The van der Waals surface area contributed by atoms with Crippen LogP contribution in [0.1, 0.15) is 25.3 Å². The van der Waals surface area contributed by atoms with Crippen LogP contribution in [-0.2, 0) is 6.54 Å². The average Bonchev–Trinajstić information content (AvgIpc) is 2.68. The fourth-order valence-electron chi connectivity index (χ4n) is 2.45. The van der Waals surface area contributed by atoms with Crippen LogP contribution in [0.2, 0.25) is 0 Å². The highest BCUT2D eigenvalue weighted by Gasteiger charge is 2.18. The van der Waals surface area contributed by atoms with Crippen LogP contribution in [0.25, 0.3) is 11.1 Å². The number of aryl methyl sites for hydroxylation is 1. The molecule has 0 saturated carbocycles. The predicted molar refractivity (Wildman–Crippen MR) is 75.9 cm³/mol. The van der Waals surface area contributed by atoms with E-state index in [0.717, 1.165) is 17.6 Å². The molecule has 0 spiro atoms. The minimum atomic E-state index is 0.173. The van der Waals surface area contributed by atoms with Gasteiger partial charge in [-0.05, 0) is 30.7 Å². The molecule has 0 aliphatic carbocycles. The van der Waals surface area contributed by atoms with E-state index < -0.39 is 0 Å². The van der Waals surface area contributed by atoms with E-state index in [1.165, 1.54) is 5.56 Å². The van der Waals surface area contributed by atoms with Crippen LogP contribution in [0.5, 0.6) is 0 Å². The SMILES string of the molecule is Cc1nc2ccc(CN(C)C(CO)C(C)C)cc2o1. The molecule has 0 fully saturated rings. The van der Waals surface area contributed by atoms with Crippen molar-refractivity contribution < 1.29 is 9.52 Å². The summed E-state index contributed by atoms with van der Waals surface area (Å²) in [5.41, 5.74) is 2.89. The van der Waals surface area contributed by atoms with Crippen LogP contribution in [0.4, 0.5) is 0 Å². The lowest BCUT2D eigenvalue weighted by Gasteiger charge is -2.29. The third kappa shape index (κ3) is 3.14. The Bertz CT molecular complexity index is 548. The number of nitrogens with zero attached hydrogens (tertiary/aromatic N) is 2. The largest absolute Gasteiger partial charge is 0.441 e. The zero-order valence-electron chi connectivity index (χ0n) is 12.1. The molecule has 0 aliphatic heterocycles. The molecular weight excluding hydrogens is 240 g/mol. The fraction of sp³-hybridized carbons (Fsp3) is 0.533. The molecule has 1 aromatic carbocycles. The molecule has 1 N–H and O–H groups in total. The second-order valence-corrected chi connectivity index (χ2v) is 5.44. The molecule has 2 rings (SSSR count). The van der Waals surface area contributed by atoms with Crippen molar-refractivity contribution in [2.75, 3.05) is 13.7 Å². The number of likely N-dealkylation sites (N-methyl/N-ethyl adjacent to an activating group) is 1. The maximum absolute atomic E-state index is 9.45. The molecule has 104 valence electrons. The van der Waals surface area contributed by atoms with Gasteiger partial charge < -0.3 is 9.52 Å². The number of benzene rings is 1. The number of rotatable bonds is 5. The van der Waals surface area contributed by atoms with E-state index >= 15 is 0 Å². The number of hydrogen-bond donors (Lipinski definition) is 1. The summed E-state index contributed by atoms with van der Waals surface area (Å²) in [5, 5.41) is 9.45. The van der Waals surface area contributed by atoms with E-state index in [1.54, 1.807) is 0 Å². The number of aliphatic hydroxyl groups excluding tert-OH is 1. The zero-order chi connectivity index (χ0) is 14.0. The van der Waals surface area contributed by atoms with Gasteiger partial charge in [-0.15, -0.1) is 0 Å². The van der Waals surface area contributed by atoms with Crippen molar-refractivity contribution in [2.24, 2.45) is 5.92 Å². The van der Waals surface area contributed by atoms with Crippen molar-refractivity contribution in [3.8, 4) is 0 Å². The Kier molecular flexibility index (Phi) is 4.22. The Morgan fingerprint density at radius 1 is 1.37 bits per heavy atom. The summed E-state index contributed by atoms with van der Waals surface area (Å²) in [6.07, 6.45) is 0. The summed E-state index contributed by atoms with van der Waals surface area (Å²) in [7, 11) is 2.04. The van der Waals surface area contributed by atoms with Gasteiger partial charge in [-0.25, -0.2) is 4.98 Å². The van der Waals surface area contributed by atoms with Crippen molar-refractivity contribution in [3.63, 3.8) is 0 Å². The van der Waals surface area contributed by atoms with Gasteiger partial charge in [0.1, 0.15) is 5.52 Å². The number of oxazole rings is 1. The van der Waals surface area contributed by atoms with Gasteiger partial charge in [-0.1, -0.05) is 19.9 Å². The Balaban J connectivity index is 2.16. The van der Waals surface area contributed by atoms with Gasteiger partial charge in [-0.2, -0.15) is 0 Å². The summed E-state index contributed by atoms with van der Waals surface area (Å²) in [6.45, 7) is 7.07. The molecular formula is C15H22N2O2. The second kappa shape index (κ2) is 5.72. The first kappa shape index (κ1) is 14.0. The van der Waals surface area contributed by atoms with Crippen molar-refractivity contribution >= 4 is 11.1 Å². The summed E-state index contributed by atoms with van der Waals surface area (Å²) in [4.78, 5) is 6.47. The zero-order valence-corrected chi connectivity index (χ0v) is 12.1. The van der Waals surface area contributed by atoms with E-state index in [9.17, 15) is 5.11 Å². The van der Waals surface area contributed by atoms with Crippen molar-refractivity contribution in [1.29, 1.82) is 0 Å². The minimum Gasteiger partial charge on any atom is -0.441 e. The Labute approximate surface area is 114 Å². The van der Waals surface area contributed by atoms with Crippen LogP contribution in [0, 0.1) is 12.8 Å². The number of aliphatic hydroxyl groups is 1. The molecule has 2 aromatic rings. The quantitative estimate of drug-likeness (QED) is 0.899. The molecule has 1 aromatic heterocycles. The lowest BCUT2D eigenvalue weighted by atomic mass is 10.0. The number of hydrogen-bond acceptors (Lipinski definition) is 4. The molecule has 0 amide bonds. The highest BCUT2D eigenvalue weighted by molar-refractivity contribution is 5.73. The number of aromatic nitrogens is 1. The third-order valence-corrected chi connectivity index (χ3v) is 3.51. The van der Waals surface area contributed by atoms with Crippen molar-refractivity contribution in [1.82, 2.24) is 9.88 Å².